The lowest BCUT2D eigenvalue weighted by Crippen LogP contribution is -2.51. The summed E-state index contributed by atoms with van der Waals surface area (Å²) in [5, 5.41) is 3.92. The van der Waals surface area contributed by atoms with Gasteiger partial charge < -0.3 is 10.2 Å². The summed E-state index contributed by atoms with van der Waals surface area (Å²) in [5.41, 5.74) is 4.19. The van der Waals surface area contributed by atoms with Gasteiger partial charge in [-0.15, -0.1) is 11.8 Å². The highest BCUT2D eigenvalue weighted by molar-refractivity contribution is 7.99. The molecule has 3 aromatic carbocycles. The number of rotatable bonds is 13. The number of hydrogen-bond donors (Lipinski definition) is 1. The Morgan fingerprint density at radius 1 is 0.919 bits per heavy atom. The van der Waals surface area contributed by atoms with E-state index in [9.17, 15) is 9.59 Å². The molecule has 0 radical (unpaired) electrons. The van der Waals surface area contributed by atoms with Gasteiger partial charge in [-0.2, -0.15) is 0 Å². The fourth-order valence-corrected chi connectivity index (χ4v) is 5.21. The Bertz CT molecular complexity index is 1170. The largest absolute Gasteiger partial charge is 0.354 e. The molecule has 3 rings (SSSR count). The van der Waals surface area contributed by atoms with Crippen LogP contribution >= 0.6 is 35.0 Å². The van der Waals surface area contributed by atoms with Crippen LogP contribution in [0.15, 0.2) is 72.8 Å². The lowest BCUT2D eigenvalue weighted by molar-refractivity contribution is -0.139. The zero-order valence-electron chi connectivity index (χ0n) is 21.4. The summed E-state index contributed by atoms with van der Waals surface area (Å²) in [7, 11) is 0. The van der Waals surface area contributed by atoms with Crippen molar-refractivity contribution in [2.45, 2.75) is 51.4 Å². The second kappa shape index (κ2) is 15.1. The Kier molecular flexibility index (Phi) is 11.8. The molecule has 37 heavy (non-hydrogen) atoms. The second-order valence-corrected chi connectivity index (χ2v) is 10.9. The third-order valence-corrected chi connectivity index (χ3v) is 7.74. The molecule has 0 spiro atoms. The normalized spacial score (nSPS) is 11.7. The summed E-state index contributed by atoms with van der Waals surface area (Å²) in [6, 6.07) is 22.8. The lowest BCUT2D eigenvalue weighted by Gasteiger charge is -2.31. The molecular weight excluding hydrogens is 523 g/mol. The fourth-order valence-electron chi connectivity index (χ4n) is 4.04. The number of carbonyl (C=O) groups is 2. The van der Waals surface area contributed by atoms with Crippen molar-refractivity contribution in [1.29, 1.82) is 0 Å². The molecule has 0 saturated heterocycles. The highest BCUT2D eigenvalue weighted by atomic mass is 35.5. The quantitative estimate of drug-likeness (QED) is 0.228. The van der Waals surface area contributed by atoms with E-state index in [1.54, 1.807) is 28.8 Å². The SMILES string of the molecule is CCCCNC(=O)[C@@H](Cc1ccccc1)N(Cc1ccc(Cl)c(Cl)c1)C(=O)CSCc1cccc(C)c1. The third kappa shape index (κ3) is 9.41. The summed E-state index contributed by atoms with van der Waals surface area (Å²) in [6.07, 6.45) is 2.29. The average Bonchev–Trinajstić information content (AvgIpc) is 2.89. The summed E-state index contributed by atoms with van der Waals surface area (Å²) >= 11 is 14.0. The van der Waals surface area contributed by atoms with Crippen molar-refractivity contribution in [2.24, 2.45) is 0 Å². The number of amides is 2. The first-order chi connectivity index (χ1) is 17.9. The van der Waals surface area contributed by atoms with Crippen LogP contribution < -0.4 is 5.32 Å². The van der Waals surface area contributed by atoms with E-state index >= 15 is 0 Å². The Morgan fingerprint density at radius 3 is 2.38 bits per heavy atom. The van der Waals surface area contributed by atoms with Crippen molar-refractivity contribution in [3.05, 3.63) is 105 Å². The smallest absolute Gasteiger partial charge is 0.243 e. The van der Waals surface area contributed by atoms with Gasteiger partial charge in [-0.25, -0.2) is 0 Å². The van der Waals surface area contributed by atoms with Crippen LogP contribution in [0.5, 0.6) is 0 Å². The zero-order valence-corrected chi connectivity index (χ0v) is 23.7. The van der Waals surface area contributed by atoms with Crippen molar-refractivity contribution >= 4 is 46.8 Å². The molecular formula is C30H34Cl2N2O2S. The number of thioether (sulfide) groups is 1. The van der Waals surface area contributed by atoms with Crippen LogP contribution in [0.4, 0.5) is 0 Å². The first kappa shape index (κ1) is 29.1. The Hall–Kier alpha value is -2.47. The molecule has 0 saturated carbocycles. The summed E-state index contributed by atoms with van der Waals surface area (Å²) in [5.74, 6) is 0.757. The molecule has 0 fully saturated rings. The van der Waals surface area contributed by atoms with E-state index in [1.165, 1.54) is 11.1 Å². The maximum atomic E-state index is 13.7. The maximum Gasteiger partial charge on any atom is 0.243 e. The molecule has 0 aliphatic rings. The van der Waals surface area contributed by atoms with Crippen LogP contribution in [0.2, 0.25) is 10.0 Å². The molecule has 1 N–H and O–H groups in total. The topological polar surface area (TPSA) is 49.4 Å². The van der Waals surface area contributed by atoms with Gasteiger partial charge in [-0.3, -0.25) is 9.59 Å². The highest BCUT2D eigenvalue weighted by Gasteiger charge is 2.30. The average molecular weight is 558 g/mol. The van der Waals surface area contributed by atoms with Gasteiger partial charge in [0.05, 0.1) is 15.8 Å². The molecule has 4 nitrogen and oxygen atoms in total. The molecule has 0 aliphatic carbocycles. The van der Waals surface area contributed by atoms with Gasteiger partial charge in [-0.1, -0.05) is 103 Å². The number of nitrogens with zero attached hydrogens (tertiary/aromatic N) is 1. The number of halogens is 2. The van der Waals surface area contributed by atoms with E-state index in [2.05, 4.69) is 37.4 Å². The molecule has 0 aromatic heterocycles. The van der Waals surface area contributed by atoms with Crippen molar-refractivity contribution in [3.63, 3.8) is 0 Å². The standard InChI is InChI=1S/C30H34Cl2N2O2S/c1-3-4-15-33-30(36)28(18-23-10-6-5-7-11-23)34(19-24-13-14-26(31)27(32)17-24)29(35)21-37-20-25-12-8-9-22(2)16-25/h5-14,16-17,28H,3-4,15,18-21H2,1-2H3,(H,33,36)/t28-/m1/s1. The Morgan fingerprint density at radius 2 is 1.68 bits per heavy atom. The van der Waals surface area contributed by atoms with Gasteiger partial charge in [0.15, 0.2) is 0 Å². The molecule has 196 valence electrons. The molecule has 0 bridgehead atoms. The van der Waals surface area contributed by atoms with Crippen molar-refractivity contribution in [3.8, 4) is 0 Å². The van der Waals surface area contributed by atoms with E-state index < -0.39 is 6.04 Å². The van der Waals surface area contributed by atoms with E-state index in [1.807, 2.05) is 42.5 Å². The predicted octanol–water partition coefficient (Wildman–Crippen LogP) is 7.09. The Labute approximate surface area is 234 Å². The van der Waals surface area contributed by atoms with Gasteiger partial charge in [0.25, 0.3) is 0 Å². The summed E-state index contributed by atoms with van der Waals surface area (Å²) in [6.45, 7) is 4.99. The maximum absolute atomic E-state index is 13.7. The number of carbonyl (C=O) groups excluding carboxylic acids is 2. The predicted molar refractivity (Wildman–Crippen MR) is 156 cm³/mol. The van der Waals surface area contributed by atoms with Crippen LogP contribution in [0, 0.1) is 6.92 Å². The van der Waals surface area contributed by atoms with Gasteiger partial charge in [0, 0.05) is 25.3 Å². The molecule has 1 atom stereocenters. The van der Waals surface area contributed by atoms with Crippen molar-refractivity contribution in [2.75, 3.05) is 12.3 Å². The zero-order chi connectivity index (χ0) is 26.6. The minimum absolute atomic E-state index is 0.0877. The number of unbranched alkanes of at least 4 members (excludes halogenated alkanes) is 1. The number of hydrogen-bond acceptors (Lipinski definition) is 3. The summed E-state index contributed by atoms with van der Waals surface area (Å²) < 4.78 is 0. The van der Waals surface area contributed by atoms with Crippen LogP contribution in [0.1, 0.15) is 42.0 Å². The van der Waals surface area contributed by atoms with Crippen LogP contribution in [0.25, 0.3) is 0 Å². The monoisotopic (exact) mass is 556 g/mol. The second-order valence-electron chi connectivity index (χ2n) is 9.10. The Balaban J connectivity index is 1.85. The first-order valence-corrected chi connectivity index (χ1v) is 14.5. The van der Waals surface area contributed by atoms with Crippen molar-refractivity contribution < 1.29 is 9.59 Å². The number of nitrogens with one attached hydrogen (secondary N) is 1. The first-order valence-electron chi connectivity index (χ1n) is 12.6. The van der Waals surface area contributed by atoms with Crippen LogP contribution in [0.3, 0.4) is 0 Å². The molecule has 0 unspecified atom stereocenters. The summed E-state index contributed by atoms with van der Waals surface area (Å²) in [4.78, 5) is 28.8. The van der Waals surface area contributed by atoms with Crippen molar-refractivity contribution in [1.82, 2.24) is 10.2 Å². The van der Waals surface area contributed by atoms with Gasteiger partial charge in [-0.05, 0) is 42.2 Å². The van der Waals surface area contributed by atoms with E-state index in [0.29, 0.717) is 23.0 Å². The minimum Gasteiger partial charge on any atom is -0.354 e. The van der Waals surface area contributed by atoms with E-state index in [-0.39, 0.29) is 24.1 Å². The van der Waals surface area contributed by atoms with Gasteiger partial charge in [0.2, 0.25) is 11.8 Å². The molecule has 2 amide bonds. The molecule has 3 aromatic rings. The minimum atomic E-state index is -0.652. The third-order valence-electron chi connectivity index (χ3n) is 6.01. The number of benzene rings is 3. The molecule has 7 heteroatoms. The fraction of sp³-hybridized carbons (Fsp3) is 0.333. The van der Waals surface area contributed by atoms with Gasteiger partial charge in [0.1, 0.15) is 6.04 Å². The van der Waals surface area contributed by atoms with Crippen LogP contribution in [-0.4, -0.2) is 35.1 Å². The number of aryl methyl sites for hydroxylation is 1. The molecule has 0 heterocycles. The highest BCUT2D eigenvalue weighted by Crippen LogP contribution is 2.25. The van der Waals surface area contributed by atoms with Gasteiger partial charge >= 0.3 is 0 Å². The van der Waals surface area contributed by atoms with E-state index in [0.717, 1.165) is 29.7 Å². The van der Waals surface area contributed by atoms with Crippen LogP contribution in [-0.2, 0) is 28.3 Å². The van der Waals surface area contributed by atoms with E-state index in [4.69, 9.17) is 23.2 Å². The molecule has 0 aliphatic heterocycles. The lowest BCUT2D eigenvalue weighted by atomic mass is 10.0.